The number of nitrogens with one attached hydrogen (secondary N) is 1. The summed E-state index contributed by atoms with van der Waals surface area (Å²) in [6.45, 7) is 0. The van der Waals surface area contributed by atoms with E-state index in [9.17, 15) is 0 Å². The van der Waals surface area contributed by atoms with Crippen LogP contribution in [0.3, 0.4) is 0 Å². The minimum atomic E-state index is 1.17. The average Bonchev–Trinajstić information content (AvgIpc) is 3.48. The largest absolute Gasteiger partial charge is 0.355 e. The van der Waals surface area contributed by atoms with Crippen LogP contribution in [0.1, 0.15) is 0 Å². The molecule has 1 N–H and O–H groups in total. The van der Waals surface area contributed by atoms with Crippen molar-refractivity contribution in [2.24, 2.45) is 0 Å². The summed E-state index contributed by atoms with van der Waals surface area (Å²) in [7, 11) is 0. The van der Waals surface area contributed by atoms with Crippen LogP contribution in [-0.4, -0.2) is 9.55 Å². The lowest BCUT2D eigenvalue weighted by atomic mass is 10.0. The molecule has 0 radical (unpaired) electrons. The van der Waals surface area contributed by atoms with Gasteiger partial charge in [-0.05, 0) is 70.4 Å². The molecule has 8 aromatic rings. The average molecular weight is 459 g/mol. The van der Waals surface area contributed by atoms with Crippen LogP contribution in [0.2, 0.25) is 0 Å². The highest BCUT2D eigenvalue weighted by molar-refractivity contribution is 6.12. The van der Waals surface area contributed by atoms with E-state index in [-0.39, 0.29) is 0 Å². The van der Waals surface area contributed by atoms with Crippen LogP contribution in [-0.2, 0) is 0 Å². The first-order valence-electron chi connectivity index (χ1n) is 12.4. The van der Waals surface area contributed by atoms with Crippen LogP contribution in [0.15, 0.2) is 127 Å². The van der Waals surface area contributed by atoms with Gasteiger partial charge in [0.2, 0.25) is 0 Å². The molecule has 0 aliphatic carbocycles. The van der Waals surface area contributed by atoms with Gasteiger partial charge in [0.15, 0.2) is 0 Å². The Morgan fingerprint density at radius 3 is 2.00 bits per heavy atom. The molecule has 2 heteroatoms. The van der Waals surface area contributed by atoms with Crippen molar-refractivity contribution in [1.29, 1.82) is 0 Å². The van der Waals surface area contributed by atoms with Crippen LogP contribution in [0.25, 0.3) is 71.2 Å². The quantitative estimate of drug-likeness (QED) is 0.266. The zero-order chi connectivity index (χ0) is 23.6. The van der Waals surface area contributed by atoms with E-state index in [0.717, 1.165) is 0 Å². The summed E-state index contributed by atoms with van der Waals surface area (Å²) in [6.07, 6.45) is 0. The first-order valence-corrected chi connectivity index (χ1v) is 12.4. The van der Waals surface area contributed by atoms with E-state index < -0.39 is 0 Å². The molecule has 168 valence electrons. The molecule has 0 aliphatic heterocycles. The number of hydrogen-bond donors (Lipinski definition) is 1. The second kappa shape index (κ2) is 7.34. The maximum Gasteiger partial charge on any atom is 0.0541 e. The summed E-state index contributed by atoms with van der Waals surface area (Å²) in [5, 5.41) is 7.60. The number of aromatic nitrogens is 2. The van der Waals surface area contributed by atoms with Crippen LogP contribution in [0.5, 0.6) is 0 Å². The first kappa shape index (κ1) is 19.5. The Balaban J connectivity index is 1.36. The van der Waals surface area contributed by atoms with Crippen LogP contribution in [0.4, 0.5) is 0 Å². The number of aromatic amines is 1. The van der Waals surface area contributed by atoms with Crippen molar-refractivity contribution in [3.63, 3.8) is 0 Å². The van der Waals surface area contributed by atoms with Gasteiger partial charge in [-0.15, -0.1) is 0 Å². The number of fused-ring (bicyclic) bond motifs is 7. The van der Waals surface area contributed by atoms with Crippen LogP contribution >= 0.6 is 0 Å². The van der Waals surface area contributed by atoms with E-state index in [1.807, 2.05) is 0 Å². The molecule has 36 heavy (non-hydrogen) atoms. The normalized spacial score (nSPS) is 11.9. The van der Waals surface area contributed by atoms with E-state index in [1.54, 1.807) is 0 Å². The Kier molecular flexibility index (Phi) is 3.97. The van der Waals surface area contributed by atoms with E-state index in [1.165, 1.54) is 71.2 Å². The van der Waals surface area contributed by atoms with E-state index in [0.29, 0.717) is 0 Å². The van der Waals surface area contributed by atoms with Gasteiger partial charge in [-0.1, -0.05) is 78.9 Å². The topological polar surface area (TPSA) is 20.7 Å². The van der Waals surface area contributed by atoms with Gasteiger partial charge in [0.1, 0.15) is 0 Å². The molecule has 6 aromatic carbocycles. The van der Waals surface area contributed by atoms with Crippen molar-refractivity contribution < 1.29 is 0 Å². The van der Waals surface area contributed by atoms with Gasteiger partial charge in [-0.3, -0.25) is 0 Å². The minimum absolute atomic E-state index is 1.17. The molecule has 0 saturated carbocycles. The zero-order valence-electron chi connectivity index (χ0n) is 19.6. The molecule has 2 heterocycles. The second-order valence-electron chi connectivity index (χ2n) is 9.55. The first-order chi connectivity index (χ1) is 17.8. The molecule has 0 saturated heterocycles. The molecule has 2 aromatic heterocycles. The zero-order valence-corrected chi connectivity index (χ0v) is 19.6. The summed E-state index contributed by atoms with van der Waals surface area (Å²) < 4.78 is 2.39. The molecule has 0 amide bonds. The highest BCUT2D eigenvalue weighted by Crippen LogP contribution is 2.36. The third kappa shape index (κ3) is 2.79. The second-order valence-corrected chi connectivity index (χ2v) is 9.55. The van der Waals surface area contributed by atoms with Crippen molar-refractivity contribution in [3.8, 4) is 16.8 Å². The Morgan fingerprint density at radius 1 is 0.417 bits per heavy atom. The van der Waals surface area contributed by atoms with Crippen molar-refractivity contribution >= 4 is 54.4 Å². The molecule has 8 rings (SSSR count). The monoisotopic (exact) mass is 458 g/mol. The Morgan fingerprint density at radius 2 is 1.08 bits per heavy atom. The molecule has 0 bridgehead atoms. The number of hydrogen-bond acceptors (Lipinski definition) is 0. The molecule has 0 aliphatic rings. The predicted octanol–water partition coefficient (Wildman–Crippen LogP) is 9.24. The van der Waals surface area contributed by atoms with Gasteiger partial charge < -0.3 is 9.55 Å². The smallest absolute Gasteiger partial charge is 0.0541 e. The fourth-order valence-electron chi connectivity index (χ4n) is 5.77. The SMILES string of the molecule is c1ccc2cc(-n3c4ccccc4c4cc(-c5ccc6[nH]c7ccccc7c6c5)ccc43)ccc2c1. The maximum atomic E-state index is 3.54. The number of nitrogens with zero attached hydrogens (tertiary/aromatic N) is 1. The van der Waals surface area contributed by atoms with E-state index >= 15 is 0 Å². The maximum absolute atomic E-state index is 3.54. The van der Waals surface area contributed by atoms with Gasteiger partial charge in [-0.2, -0.15) is 0 Å². The van der Waals surface area contributed by atoms with Gasteiger partial charge in [0.25, 0.3) is 0 Å². The van der Waals surface area contributed by atoms with Crippen molar-refractivity contribution in [2.45, 2.75) is 0 Å². The van der Waals surface area contributed by atoms with Crippen molar-refractivity contribution in [2.75, 3.05) is 0 Å². The third-order valence-corrected chi connectivity index (χ3v) is 7.50. The molecular formula is C34H22N2. The van der Waals surface area contributed by atoms with Gasteiger partial charge >= 0.3 is 0 Å². The number of rotatable bonds is 2. The van der Waals surface area contributed by atoms with E-state index in [4.69, 9.17) is 0 Å². The molecule has 0 fully saturated rings. The molecule has 2 nitrogen and oxygen atoms in total. The molecule has 0 spiro atoms. The fourth-order valence-corrected chi connectivity index (χ4v) is 5.77. The summed E-state index contributed by atoms with van der Waals surface area (Å²) in [5.74, 6) is 0. The predicted molar refractivity (Wildman–Crippen MR) is 153 cm³/mol. The summed E-state index contributed by atoms with van der Waals surface area (Å²) in [6, 6.07) is 46.2. The van der Waals surface area contributed by atoms with Gasteiger partial charge in [0.05, 0.1) is 11.0 Å². The Bertz CT molecular complexity index is 2110. The van der Waals surface area contributed by atoms with Crippen molar-refractivity contribution in [3.05, 3.63) is 127 Å². The summed E-state index contributed by atoms with van der Waals surface area (Å²) in [4.78, 5) is 3.54. The lowest BCUT2D eigenvalue weighted by Crippen LogP contribution is -1.93. The van der Waals surface area contributed by atoms with Gasteiger partial charge in [-0.25, -0.2) is 0 Å². The lowest BCUT2D eigenvalue weighted by Gasteiger charge is -2.10. The Hall–Kier alpha value is -4.82. The van der Waals surface area contributed by atoms with E-state index in [2.05, 4.69) is 137 Å². The highest BCUT2D eigenvalue weighted by atomic mass is 15.0. The highest BCUT2D eigenvalue weighted by Gasteiger charge is 2.14. The van der Waals surface area contributed by atoms with Crippen LogP contribution in [0, 0.1) is 0 Å². The number of para-hydroxylation sites is 2. The standard InChI is InChI=1S/C34H22N2/c1-2-8-23-19-26(16-13-22(23)7-1)36-33-12-6-4-10-28(33)30-21-25(15-18-34(30)36)24-14-17-32-29(20-24)27-9-3-5-11-31(27)35-32/h1-21,35H. The van der Waals surface area contributed by atoms with Gasteiger partial charge in [0, 0.05) is 38.3 Å². The summed E-state index contributed by atoms with van der Waals surface area (Å²) in [5.41, 5.74) is 8.46. The number of H-pyrrole nitrogens is 1. The number of benzene rings is 6. The molecule has 0 unspecified atom stereocenters. The van der Waals surface area contributed by atoms with Crippen molar-refractivity contribution in [1.82, 2.24) is 9.55 Å². The van der Waals surface area contributed by atoms with Crippen LogP contribution < -0.4 is 0 Å². The molecule has 0 atom stereocenters. The molecular weight excluding hydrogens is 436 g/mol. The fraction of sp³-hybridized carbons (Fsp3) is 0. The third-order valence-electron chi connectivity index (χ3n) is 7.50. The Labute approximate surface area is 208 Å². The summed E-state index contributed by atoms with van der Waals surface area (Å²) >= 11 is 0. The lowest BCUT2D eigenvalue weighted by molar-refractivity contribution is 1.19. The minimum Gasteiger partial charge on any atom is -0.355 e.